The molecule has 0 spiro atoms. The Kier molecular flexibility index (Phi) is 6.46. The van der Waals surface area contributed by atoms with Crippen molar-refractivity contribution in [2.24, 2.45) is 0 Å². The normalized spacial score (nSPS) is 25.9. The molecule has 0 saturated heterocycles. The third-order valence-corrected chi connectivity index (χ3v) is 4.39. The van der Waals surface area contributed by atoms with Crippen molar-refractivity contribution in [1.29, 1.82) is 0 Å². The Balaban J connectivity index is 2.25. The Morgan fingerprint density at radius 2 is 2.12 bits per heavy atom. The molecule has 0 radical (unpaired) electrons. The average Bonchev–Trinajstić information content (AvgIpc) is 2.36. The first-order valence-corrected chi connectivity index (χ1v) is 7.46. The van der Waals surface area contributed by atoms with E-state index in [9.17, 15) is 4.79 Å². The van der Waals surface area contributed by atoms with Gasteiger partial charge in [0.1, 0.15) is 0 Å². The van der Waals surface area contributed by atoms with Crippen LogP contribution in [0.4, 0.5) is 0 Å². The molecular formula is C13H22N2OS. The number of terminal acetylenes is 1. The lowest BCUT2D eigenvalue weighted by atomic mass is 9.94. The standard InChI is InChI=1S/C13H22N2OS/c1-4-9-14-13(16)10(2)15-11-5-7-12(17-3)8-6-11/h1,10-12,15H,5-9H2,2-3H3,(H,14,16). The van der Waals surface area contributed by atoms with Crippen LogP contribution >= 0.6 is 11.8 Å². The van der Waals surface area contributed by atoms with Crippen LogP contribution in [0.5, 0.6) is 0 Å². The van der Waals surface area contributed by atoms with Gasteiger partial charge in [-0.15, -0.1) is 6.42 Å². The lowest BCUT2D eigenvalue weighted by molar-refractivity contribution is -0.122. The second kappa shape index (κ2) is 7.62. The van der Waals surface area contributed by atoms with E-state index in [0.29, 0.717) is 12.6 Å². The summed E-state index contributed by atoms with van der Waals surface area (Å²) in [5.41, 5.74) is 0. The quantitative estimate of drug-likeness (QED) is 0.729. The van der Waals surface area contributed by atoms with E-state index in [2.05, 4.69) is 22.8 Å². The number of nitrogens with one attached hydrogen (secondary N) is 2. The predicted octanol–water partition coefficient (Wildman–Crippen LogP) is 1.39. The molecule has 96 valence electrons. The Morgan fingerprint density at radius 3 is 2.65 bits per heavy atom. The molecule has 4 heteroatoms. The van der Waals surface area contributed by atoms with Crippen LogP contribution < -0.4 is 10.6 Å². The van der Waals surface area contributed by atoms with Crippen LogP contribution in [-0.4, -0.2) is 36.0 Å². The van der Waals surface area contributed by atoms with Gasteiger partial charge in [-0.1, -0.05) is 5.92 Å². The average molecular weight is 254 g/mol. The monoisotopic (exact) mass is 254 g/mol. The largest absolute Gasteiger partial charge is 0.344 e. The summed E-state index contributed by atoms with van der Waals surface area (Å²) >= 11 is 1.95. The zero-order chi connectivity index (χ0) is 12.7. The Hall–Kier alpha value is -0.660. The summed E-state index contributed by atoms with van der Waals surface area (Å²) in [6.45, 7) is 2.20. The van der Waals surface area contributed by atoms with E-state index in [1.807, 2.05) is 18.7 Å². The summed E-state index contributed by atoms with van der Waals surface area (Å²) in [5.74, 6) is 2.40. The first-order chi connectivity index (χ1) is 8.17. The van der Waals surface area contributed by atoms with Crippen LogP contribution in [0.15, 0.2) is 0 Å². The van der Waals surface area contributed by atoms with Crippen molar-refractivity contribution in [2.75, 3.05) is 12.8 Å². The minimum absolute atomic E-state index is 0.00469. The Morgan fingerprint density at radius 1 is 1.47 bits per heavy atom. The number of hydrogen-bond donors (Lipinski definition) is 2. The molecule has 1 atom stereocenters. The van der Waals surface area contributed by atoms with Gasteiger partial charge in [-0.2, -0.15) is 11.8 Å². The molecule has 0 aromatic heterocycles. The van der Waals surface area contributed by atoms with Crippen LogP contribution in [0, 0.1) is 12.3 Å². The van der Waals surface area contributed by atoms with Crippen molar-refractivity contribution in [3.05, 3.63) is 0 Å². The first-order valence-electron chi connectivity index (χ1n) is 6.17. The molecule has 3 nitrogen and oxygen atoms in total. The lowest BCUT2D eigenvalue weighted by Gasteiger charge is -2.30. The van der Waals surface area contributed by atoms with Gasteiger partial charge in [-0.3, -0.25) is 4.79 Å². The smallest absolute Gasteiger partial charge is 0.237 e. The zero-order valence-electron chi connectivity index (χ0n) is 10.7. The minimum Gasteiger partial charge on any atom is -0.344 e. The number of amides is 1. The summed E-state index contributed by atoms with van der Waals surface area (Å²) < 4.78 is 0. The molecule has 1 rings (SSSR count). The van der Waals surface area contributed by atoms with Crippen LogP contribution in [0.2, 0.25) is 0 Å². The minimum atomic E-state index is -0.154. The van der Waals surface area contributed by atoms with Gasteiger partial charge in [0, 0.05) is 11.3 Å². The molecule has 1 aliphatic carbocycles. The molecule has 1 aliphatic rings. The van der Waals surface area contributed by atoms with Gasteiger partial charge >= 0.3 is 0 Å². The molecule has 1 amide bonds. The Bertz CT molecular complexity index is 280. The fourth-order valence-electron chi connectivity index (χ4n) is 2.19. The zero-order valence-corrected chi connectivity index (χ0v) is 11.5. The topological polar surface area (TPSA) is 41.1 Å². The van der Waals surface area contributed by atoms with Crippen LogP contribution in [-0.2, 0) is 4.79 Å². The number of carbonyl (C=O) groups is 1. The fraction of sp³-hybridized carbons (Fsp3) is 0.769. The molecule has 0 aromatic carbocycles. The van der Waals surface area contributed by atoms with E-state index in [1.54, 1.807) is 0 Å². The third-order valence-electron chi connectivity index (χ3n) is 3.25. The maximum atomic E-state index is 11.6. The van der Waals surface area contributed by atoms with Crippen molar-refractivity contribution in [3.8, 4) is 12.3 Å². The molecule has 0 aromatic rings. The Labute approximate surface area is 108 Å². The summed E-state index contributed by atoms with van der Waals surface area (Å²) in [5, 5.41) is 6.89. The van der Waals surface area contributed by atoms with Gasteiger partial charge in [0.05, 0.1) is 12.6 Å². The van der Waals surface area contributed by atoms with E-state index in [1.165, 1.54) is 12.8 Å². The van der Waals surface area contributed by atoms with Crippen molar-refractivity contribution < 1.29 is 4.79 Å². The summed E-state index contributed by atoms with van der Waals surface area (Å²) in [7, 11) is 0. The SMILES string of the molecule is C#CCNC(=O)C(C)NC1CCC(SC)CC1. The predicted molar refractivity (Wildman–Crippen MR) is 74.0 cm³/mol. The van der Waals surface area contributed by atoms with Crippen molar-refractivity contribution >= 4 is 17.7 Å². The molecule has 2 N–H and O–H groups in total. The highest BCUT2D eigenvalue weighted by Gasteiger charge is 2.23. The lowest BCUT2D eigenvalue weighted by Crippen LogP contribution is -2.47. The van der Waals surface area contributed by atoms with Crippen LogP contribution in [0.3, 0.4) is 0 Å². The van der Waals surface area contributed by atoms with E-state index in [0.717, 1.165) is 18.1 Å². The summed E-state index contributed by atoms with van der Waals surface area (Å²) in [4.78, 5) is 11.6. The molecule has 1 fully saturated rings. The second-order valence-electron chi connectivity index (χ2n) is 4.52. The number of rotatable bonds is 5. The van der Waals surface area contributed by atoms with Crippen molar-refractivity contribution in [1.82, 2.24) is 10.6 Å². The van der Waals surface area contributed by atoms with Crippen molar-refractivity contribution in [2.45, 2.75) is 49.9 Å². The highest BCUT2D eigenvalue weighted by atomic mass is 32.2. The van der Waals surface area contributed by atoms with E-state index in [-0.39, 0.29) is 11.9 Å². The molecule has 0 bridgehead atoms. The molecular weight excluding hydrogens is 232 g/mol. The van der Waals surface area contributed by atoms with Gasteiger partial charge in [0.25, 0.3) is 0 Å². The maximum Gasteiger partial charge on any atom is 0.237 e. The van der Waals surface area contributed by atoms with E-state index >= 15 is 0 Å². The maximum absolute atomic E-state index is 11.6. The van der Waals surface area contributed by atoms with Gasteiger partial charge in [0.15, 0.2) is 0 Å². The molecule has 0 aliphatic heterocycles. The van der Waals surface area contributed by atoms with Gasteiger partial charge in [-0.05, 0) is 38.9 Å². The van der Waals surface area contributed by atoms with Gasteiger partial charge < -0.3 is 10.6 Å². The molecule has 1 saturated carbocycles. The number of hydrogen-bond acceptors (Lipinski definition) is 3. The highest BCUT2D eigenvalue weighted by molar-refractivity contribution is 7.99. The highest BCUT2D eigenvalue weighted by Crippen LogP contribution is 2.26. The van der Waals surface area contributed by atoms with Crippen LogP contribution in [0.25, 0.3) is 0 Å². The fourth-order valence-corrected chi connectivity index (χ4v) is 2.93. The third kappa shape index (κ3) is 5.01. The first kappa shape index (κ1) is 14.4. The van der Waals surface area contributed by atoms with Gasteiger partial charge in [0.2, 0.25) is 5.91 Å². The van der Waals surface area contributed by atoms with Crippen LogP contribution in [0.1, 0.15) is 32.6 Å². The number of carbonyl (C=O) groups excluding carboxylic acids is 1. The number of thioether (sulfide) groups is 1. The molecule has 1 unspecified atom stereocenters. The van der Waals surface area contributed by atoms with Crippen molar-refractivity contribution in [3.63, 3.8) is 0 Å². The van der Waals surface area contributed by atoms with E-state index in [4.69, 9.17) is 6.42 Å². The molecule has 0 heterocycles. The second-order valence-corrected chi connectivity index (χ2v) is 5.66. The van der Waals surface area contributed by atoms with E-state index < -0.39 is 0 Å². The van der Waals surface area contributed by atoms with Gasteiger partial charge in [-0.25, -0.2) is 0 Å². The summed E-state index contributed by atoms with van der Waals surface area (Å²) in [6, 6.07) is 0.323. The molecule has 17 heavy (non-hydrogen) atoms. The summed E-state index contributed by atoms with van der Waals surface area (Å²) in [6.07, 6.45) is 12.1.